The SMILES string of the molecule is CCN(Cc1cccc(Cl)c1)C(=O)c1cc(Br)c(Br)s1. The molecule has 0 N–H and O–H groups in total. The Bertz CT molecular complexity index is 610. The van der Waals surface area contributed by atoms with Crippen molar-refractivity contribution in [3.05, 3.63) is 54.1 Å². The minimum absolute atomic E-state index is 0.0314. The van der Waals surface area contributed by atoms with Crippen molar-refractivity contribution in [3.63, 3.8) is 0 Å². The smallest absolute Gasteiger partial charge is 0.264 e. The third-order valence-electron chi connectivity index (χ3n) is 2.79. The fourth-order valence-corrected chi connectivity index (χ4v) is 4.01. The van der Waals surface area contributed by atoms with Gasteiger partial charge in [-0.2, -0.15) is 0 Å². The molecule has 0 saturated carbocycles. The second-order valence-electron chi connectivity index (χ2n) is 4.18. The number of carbonyl (C=O) groups is 1. The van der Waals surface area contributed by atoms with Crippen LogP contribution in [0.5, 0.6) is 0 Å². The largest absolute Gasteiger partial charge is 0.334 e. The second-order valence-corrected chi connectivity index (χ2v) is 7.84. The van der Waals surface area contributed by atoms with Gasteiger partial charge >= 0.3 is 0 Å². The molecule has 0 aliphatic carbocycles. The van der Waals surface area contributed by atoms with Crippen LogP contribution in [0.15, 0.2) is 38.6 Å². The fourth-order valence-electron chi connectivity index (χ4n) is 1.79. The molecule has 0 fully saturated rings. The van der Waals surface area contributed by atoms with E-state index in [2.05, 4.69) is 31.9 Å². The highest BCUT2D eigenvalue weighted by Crippen LogP contribution is 2.33. The number of hydrogen-bond donors (Lipinski definition) is 0. The van der Waals surface area contributed by atoms with E-state index in [1.807, 2.05) is 37.3 Å². The Hall–Kier alpha value is -0.360. The highest BCUT2D eigenvalue weighted by molar-refractivity contribution is 9.13. The minimum atomic E-state index is 0.0314. The Kier molecular flexibility index (Phi) is 5.66. The zero-order valence-corrected chi connectivity index (χ0v) is 15.4. The van der Waals surface area contributed by atoms with E-state index in [0.717, 1.165) is 13.8 Å². The van der Waals surface area contributed by atoms with Gasteiger partial charge < -0.3 is 4.90 Å². The summed E-state index contributed by atoms with van der Waals surface area (Å²) in [6, 6.07) is 9.43. The molecule has 1 aromatic heterocycles. The molecule has 0 aliphatic rings. The van der Waals surface area contributed by atoms with Crippen LogP contribution in [0.4, 0.5) is 0 Å². The Labute approximate surface area is 144 Å². The number of thiophene rings is 1. The molecule has 2 nitrogen and oxygen atoms in total. The molecule has 0 unspecified atom stereocenters. The van der Waals surface area contributed by atoms with Crippen LogP contribution >= 0.6 is 54.8 Å². The molecule has 0 bridgehead atoms. The lowest BCUT2D eigenvalue weighted by Gasteiger charge is -2.20. The molecule has 106 valence electrons. The molecule has 0 atom stereocenters. The number of hydrogen-bond acceptors (Lipinski definition) is 2. The van der Waals surface area contributed by atoms with Gasteiger partial charge in [-0.25, -0.2) is 0 Å². The standard InChI is InChI=1S/C14H12Br2ClNOS/c1-2-18(8-9-4-3-5-10(17)6-9)14(19)12-7-11(15)13(16)20-12/h3-7H,2,8H2,1H3. The Balaban J connectivity index is 2.17. The minimum Gasteiger partial charge on any atom is -0.334 e. The van der Waals surface area contributed by atoms with E-state index in [4.69, 9.17) is 11.6 Å². The van der Waals surface area contributed by atoms with E-state index in [0.29, 0.717) is 23.0 Å². The average Bonchev–Trinajstić information content (AvgIpc) is 2.75. The fraction of sp³-hybridized carbons (Fsp3) is 0.214. The predicted molar refractivity (Wildman–Crippen MR) is 91.6 cm³/mol. The van der Waals surface area contributed by atoms with Gasteiger partial charge in [0.05, 0.1) is 8.66 Å². The number of halogens is 3. The van der Waals surface area contributed by atoms with E-state index in [9.17, 15) is 4.79 Å². The molecule has 2 rings (SSSR count). The van der Waals surface area contributed by atoms with Crippen molar-refractivity contribution in [1.82, 2.24) is 4.90 Å². The van der Waals surface area contributed by atoms with Crippen LogP contribution in [0.25, 0.3) is 0 Å². The lowest BCUT2D eigenvalue weighted by atomic mass is 10.2. The molecule has 2 aromatic rings. The summed E-state index contributed by atoms with van der Waals surface area (Å²) in [5.41, 5.74) is 1.03. The van der Waals surface area contributed by atoms with Gasteiger partial charge in [-0.1, -0.05) is 23.7 Å². The lowest BCUT2D eigenvalue weighted by Crippen LogP contribution is -2.29. The van der Waals surface area contributed by atoms with Gasteiger partial charge in [-0.05, 0) is 62.5 Å². The van der Waals surface area contributed by atoms with Crippen LogP contribution in [0.3, 0.4) is 0 Å². The number of rotatable bonds is 4. The predicted octanol–water partition coefficient (Wildman–Crippen LogP) is 5.59. The quantitative estimate of drug-likeness (QED) is 0.611. The molecular formula is C14H12Br2ClNOS. The Morgan fingerprint density at radius 2 is 2.10 bits per heavy atom. The van der Waals surface area contributed by atoms with Crippen molar-refractivity contribution in [2.24, 2.45) is 0 Å². The Morgan fingerprint density at radius 1 is 1.35 bits per heavy atom. The third kappa shape index (κ3) is 3.85. The summed E-state index contributed by atoms with van der Waals surface area (Å²) in [5.74, 6) is 0.0314. The van der Waals surface area contributed by atoms with E-state index < -0.39 is 0 Å². The second kappa shape index (κ2) is 7.07. The van der Waals surface area contributed by atoms with Gasteiger partial charge in [0, 0.05) is 22.6 Å². The maximum Gasteiger partial charge on any atom is 0.264 e. The molecule has 0 saturated heterocycles. The van der Waals surface area contributed by atoms with Crippen molar-refractivity contribution in [1.29, 1.82) is 0 Å². The highest BCUT2D eigenvalue weighted by Gasteiger charge is 2.18. The summed E-state index contributed by atoms with van der Waals surface area (Å²) in [5, 5.41) is 0.688. The van der Waals surface area contributed by atoms with Crippen LogP contribution in [0, 0.1) is 0 Å². The zero-order valence-electron chi connectivity index (χ0n) is 10.7. The van der Waals surface area contributed by atoms with Crippen LogP contribution in [0.2, 0.25) is 5.02 Å². The van der Waals surface area contributed by atoms with Crippen LogP contribution in [-0.2, 0) is 6.54 Å². The molecule has 20 heavy (non-hydrogen) atoms. The number of benzene rings is 1. The van der Waals surface area contributed by atoms with Crippen molar-refractivity contribution in [2.75, 3.05) is 6.54 Å². The van der Waals surface area contributed by atoms with Gasteiger partial charge in [0.15, 0.2) is 0 Å². The summed E-state index contributed by atoms with van der Waals surface area (Å²) in [6.45, 7) is 3.18. The number of nitrogens with zero attached hydrogens (tertiary/aromatic N) is 1. The summed E-state index contributed by atoms with van der Waals surface area (Å²) in [7, 11) is 0. The molecule has 0 aliphatic heterocycles. The average molecular weight is 438 g/mol. The first kappa shape index (κ1) is 16.0. The molecule has 0 radical (unpaired) electrons. The van der Waals surface area contributed by atoms with Crippen molar-refractivity contribution in [2.45, 2.75) is 13.5 Å². The molecule has 1 aromatic carbocycles. The molecular weight excluding hydrogens is 425 g/mol. The summed E-state index contributed by atoms with van der Waals surface area (Å²) >= 11 is 14.2. The Morgan fingerprint density at radius 3 is 2.65 bits per heavy atom. The third-order valence-corrected chi connectivity index (χ3v) is 6.27. The molecule has 6 heteroatoms. The van der Waals surface area contributed by atoms with Gasteiger partial charge in [-0.3, -0.25) is 4.79 Å². The maximum atomic E-state index is 12.5. The van der Waals surface area contributed by atoms with Crippen molar-refractivity contribution >= 4 is 60.7 Å². The monoisotopic (exact) mass is 435 g/mol. The zero-order chi connectivity index (χ0) is 14.7. The number of carbonyl (C=O) groups excluding carboxylic acids is 1. The van der Waals surface area contributed by atoms with E-state index in [-0.39, 0.29) is 5.91 Å². The number of amides is 1. The van der Waals surface area contributed by atoms with Gasteiger partial charge in [0.2, 0.25) is 0 Å². The highest BCUT2D eigenvalue weighted by atomic mass is 79.9. The molecule has 1 heterocycles. The normalized spacial score (nSPS) is 10.6. The first-order valence-electron chi connectivity index (χ1n) is 5.99. The van der Waals surface area contributed by atoms with E-state index >= 15 is 0 Å². The first-order chi connectivity index (χ1) is 9.51. The summed E-state index contributed by atoms with van der Waals surface area (Å²) in [6.07, 6.45) is 0. The van der Waals surface area contributed by atoms with Crippen molar-refractivity contribution in [3.8, 4) is 0 Å². The summed E-state index contributed by atoms with van der Waals surface area (Å²) < 4.78 is 1.84. The molecule has 1 amide bonds. The van der Waals surface area contributed by atoms with E-state index in [1.165, 1.54) is 11.3 Å². The molecule has 0 spiro atoms. The summed E-state index contributed by atoms with van der Waals surface area (Å²) in [4.78, 5) is 15.0. The lowest BCUT2D eigenvalue weighted by molar-refractivity contribution is 0.0757. The topological polar surface area (TPSA) is 20.3 Å². The van der Waals surface area contributed by atoms with Gasteiger partial charge in [-0.15, -0.1) is 11.3 Å². The van der Waals surface area contributed by atoms with Gasteiger partial charge in [0.25, 0.3) is 5.91 Å². The van der Waals surface area contributed by atoms with Crippen LogP contribution in [0.1, 0.15) is 22.2 Å². The van der Waals surface area contributed by atoms with E-state index in [1.54, 1.807) is 4.90 Å². The maximum absolute atomic E-state index is 12.5. The van der Waals surface area contributed by atoms with Crippen LogP contribution in [-0.4, -0.2) is 17.4 Å². The van der Waals surface area contributed by atoms with Gasteiger partial charge in [0.1, 0.15) is 0 Å². The van der Waals surface area contributed by atoms with Crippen molar-refractivity contribution < 1.29 is 4.79 Å². The van der Waals surface area contributed by atoms with Crippen LogP contribution < -0.4 is 0 Å². The first-order valence-corrected chi connectivity index (χ1v) is 8.78.